The van der Waals surface area contributed by atoms with Gasteiger partial charge in [0.05, 0.1) is 15.5 Å². The first kappa shape index (κ1) is 16.2. The molecule has 0 saturated carbocycles. The summed E-state index contributed by atoms with van der Waals surface area (Å²) in [5.41, 5.74) is -1.71. The van der Waals surface area contributed by atoms with Gasteiger partial charge in [0.1, 0.15) is 6.33 Å². The van der Waals surface area contributed by atoms with Crippen molar-refractivity contribution in [2.45, 2.75) is 6.18 Å². The van der Waals surface area contributed by atoms with Crippen molar-refractivity contribution in [1.29, 1.82) is 0 Å². The number of aromatic nitrogens is 3. The summed E-state index contributed by atoms with van der Waals surface area (Å²) in [6.07, 6.45) is -3.14. The summed E-state index contributed by atoms with van der Waals surface area (Å²) >= 11 is 11.3. The predicted octanol–water partition coefficient (Wildman–Crippen LogP) is 3.85. The van der Waals surface area contributed by atoms with Crippen molar-refractivity contribution < 1.29 is 18.1 Å². The molecule has 22 heavy (non-hydrogen) atoms. The maximum Gasteiger partial charge on any atom is 0.417 e. The Morgan fingerprint density at radius 2 is 1.86 bits per heavy atom. The minimum atomic E-state index is -4.61. The molecule has 0 aliphatic rings. The summed E-state index contributed by atoms with van der Waals surface area (Å²) in [7, 11) is 0. The number of nitrogens with one attached hydrogen (secondary N) is 1. The first-order valence-corrected chi connectivity index (χ1v) is 6.10. The Labute approximate surface area is 130 Å². The van der Waals surface area contributed by atoms with Crippen LogP contribution in [0, 0.1) is 10.1 Å². The largest absolute Gasteiger partial charge is 0.417 e. The van der Waals surface area contributed by atoms with Crippen molar-refractivity contribution in [2.75, 3.05) is 5.32 Å². The zero-order chi connectivity index (χ0) is 16.5. The number of anilines is 2. The van der Waals surface area contributed by atoms with Crippen LogP contribution in [0.4, 0.5) is 30.5 Å². The molecule has 2 aromatic heterocycles. The highest BCUT2D eigenvalue weighted by molar-refractivity contribution is 6.33. The molecule has 0 amide bonds. The molecule has 0 atom stereocenters. The third kappa shape index (κ3) is 3.34. The summed E-state index contributed by atoms with van der Waals surface area (Å²) in [5.74, 6) is -0.591. The molecular weight excluding hydrogens is 350 g/mol. The van der Waals surface area contributed by atoms with Gasteiger partial charge in [-0.3, -0.25) is 10.1 Å². The number of hydrogen-bond acceptors (Lipinski definition) is 6. The molecule has 0 aromatic carbocycles. The van der Waals surface area contributed by atoms with Gasteiger partial charge in [-0.15, -0.1) is 0 Å². The van der Waals surface area contributed by atoms with Crippen LogP contribution in [0.2, 0.25) is 10.2 Å². The Morgan fingerprint density at radius 1 is 1.18 bits per heavy atom. The van der Waals surface area contributed by atoms with E-state index in [1.54, 1.807) is 0 Å². The molecule has 0 aliphatic heterocycles. The molecule has 0 saturated heterocycles. The van der Waals surface area contributed by atoms with Crippen LogP contribution in [0.1, 0.15) is 5.56 Å². The van der Waals surface area contributed by atoms with Gasteiger partial charge in [0.25, 0.3) is 0 Å². The molecule has 0 unspecified atom stereocenters. The standard InChI is InChI=1S/C10H4Cl2F3N5O2/c11-5-1-4(10(13,14)15)2-16-8(5)19-9-6(20(21)22)7(12)17-3-18-9/h1-3H,(H,16,17,18,19). The zero-order valence-electron chi connectivity index (χ0n) is 10.2. The Balaban J connectivity index is 2.41. The summed E-state index contributed by atoms with van der Waals surface area (Å²) in [6, 6.07) is 0.630. The highest BCUT2D eigenvalue weighted by Crippen LogP contribution is 2.35. The van der Waals surface area contributed by atoms with E-state index in [2.05, 4.69) is 20.3 Å². The lowest BCUT2D eigenvalue weighted by Gasteiger charge is -2.10. The highest BCUT2D eigenvalue weighted by Gasteiger charge is 2.32. The highest BCUT2D eigenvalue weighted by atomic mass is 35.5. The lowest BCUT2D eigenvalue weighted by atomic mass is 10.3. The maximum absolute atomic E-state index is 12.5. The molecule has 0 fully saturated rings. The average molecular weight is 354 g/mol. The quantitative estimate of drug-likeness (QED) is 0.511. The molecule has 0 aliphatic carbocycles. The Hall–Kier alpha value is -2.20. The number of nitro groups is 1. The molecule has 0 radical (unpaired) electrons. The van der Waals surface area contributed by atoms with Crippen molar-refractivity contribution in [3.8, 4) is 0 Å². The third-order valence-electron chi connectivity index (χ3n) is 2.37. The SMILES string of the molecule is O=[N+]([O-])c1c(Cl)ncnc1Nc1ncc(C(F)(F)F)cc1Cl. The van der Waals surface area contributed by atoms with Crippen LogP contribution in [0.15, 0.2) is 18.6 Å². The minimum absolute atomic E-state index is 0.243. The number of alkyl halides is 3. The van der Waals surface area contributed by atoms with Gasteiger partial charge >= 0.3 is 11.9 Å². The van der Waals surface area contributed by atoms with Crippen LogP contribution in [-0.2, 0) is 6.18 Å². The van der Waals surface area contributed by atoms with Gasteiger partial charge in [-0.2, -0.15) is 13.2 Å². The lowest BCUT2D eigenvalue weighted by Crippen LogP contribution is -2.07. The molecule has 7 nitrogen and oxygen atoms in total. The fourth-order valence-electron chi connectivity index (χ4n) is 1.41. The van der Waals surface area contributed by atoms with E-state index in [1.807, 2.05) is 0 Å². The number of nitrogens with zero attached hydrogens (tertiary/aromatic N) is 4. The summed E-state index contributed by atoms with van der Waals surface area (Å²) in [4.78, 5) is 20.6. The van der Waals surface area contributed by atoms with Crippen LogP contribution in [0.5, 0.6) is 0 Å². The maximum atomic E-state index is 12.5. The van der Waals surface area contributed by atoms with Gasteiger partial charge in [0, 0.05) is 6.20 Å². The van der Waals surface area contributed by atoms with E-state index in [0.29, 0.717) is 12.3 Å². The van der Waals surface area contributed by atoms with Crippen LogP contribution in [0.3, 0.4) is 0 Å². The molecular formula is C10H4Cl2F3N5O2. The number of hydrogen-bond donors (Lipinski definition) is 1. The Bertz CT molecular complexity index is 741. The molecule has 12 heteroatoms. The molecule has 2 aromatic rings. The van der Waals surface area contributed by atoms with Gasteiger partial charge in [0.2, 0.25) is 11.0 Å². The zero-order valence-corrected chi connectivity index (χ0v) is 11.7. The first-order chi connectivity index (χ1) is 10.2. The van der Waals surface area contributed by atoms with E-state index in [0.717, 1.165) is 6.33 Å². The van der Waals surface area contributed by atoms with Crippen LogP contribution >= 0.6 is 23.2 Å². The predicted molar refractivity (Wildman–Crippen MR) is 71.2 cm³/mol. The second-order valence-electron chi connectivity index (χ2n) is 3.80. The van der Waals surface area contributed by atoms with E-state index in [9.17, 15) is 23.3 Å². The molecule has 116 valence electrons. The van der Waals surface area contributed by atoms with Gasteiger partial charge in [0.15, 0.2) is 5.82 Å². The van der Waals surface area contributed by atoms with Gasteiger partial charge in [-0.25, -0.2) is 15.0 Å². The lowest BCUT2D eigenvalue weighted by molar-refractivity contribution is -0.384. The van der Waals surface area contributed by atoms with E-state index in [4.69, 9.17) is 23.2 Å². The molecule has 1 N–H and O–H groups in total. The van der Waals surface area contributed by atoms with E-state index in [1.165, 1.54) is 0 Å². The monoisotopic (exact) mass is 353 g/mol. The second-order valence-corrected chi connectivity index (χ2v) is 4.56. The summed E-state index contributed by atoms with van der Waals surface area (Å²) < 4.78 is 37.5. The fraction of sp³-hybridized carbons (Fsp3) is 0.100. The number of halogens is 5. The first-order valence-electron chi connectivity index (χ1n) is 5.35. The minimum Gasteiger partial charge on any atom is -0.318 e. The van der Waals surface area contributed by atoms with E-state index in [-0.39, 0.29) is 16.7 Å². The molecule has 2 heterocycles. The van der Waals surface area contributed by atoms with Gasteiger partial charge < -0.3 is 5.32 Å². The topological polar surface area (TPSA) is 93.8 Å². The van der Waals surface area contributed by atoms with Crippen molar-refractivity contribution in [3.05, 3.63) is 44.4 Å². The van der Waals surface area contributed by atoms with Crippen LogP contribution in [0.25, 0.3) is 0 Å². The van der Waals surface area contributed by atoms with E-state index < -0.39 is 27.5 Å². The second kappa shape index (κ2) is 5.89. The number of rotatable bonds is 3. The molecule has 2 rings (SSSR count). The fourth-order valence-corrected chi connectivity index (χ4v) is 1.82. The van der Waals surface area contributed by atoms with Crippen LogP contribution in [-0.4, -0.2) is 19.9 Å². The van der Waals surface area contributed by atoms with Gasteiger partial charge in [-0.1, -0.05) is 23.2 Å². The third-order valence-corrected chi connectivity index (χ3v) is 2.93. The summed E-state index contributed by atoms with van der Waals surface area (Å²) in [6.45, 7) is 0. The van der Waals surface area contributed by atoms with Gasteiger partial charge in [-0.05, 0) is 6.07 Å². The smallest absolute Gasteiger partial charge is 0.318 e. The normalized spacial score (nSPS) is 11.3. The summed E-state index contributed by atoms with van der Waals surface area (Å²) in [5, 5.41) is 12.4. The van der Waals surface area contributed by atoms with Crippen LogP contribution < -0.4 is 5.32 Å². The van der Waals surface area contributed by atoms with Crippen molar-refractivity contribution in [1.82, 2.24) is 15.0 Å². The molecule has 0 spiro atoms. The van der Waals surface area contributed by atoms with Crippen molar-refractivity contribution in [3.63, 3.8) is 0 Å². The Morgan fingerprint density at radius 3 is 2.41 bits per heavy atom. The Kier molecular flexibility index (Phi) is 4.33. The van der Waals surface area contributed by atoms with E-state index >= 15 is 0 Å². The molecule has 0 bridgehead atoms. The number of pyridine rings is 1. The van der Waals surface area contributed by atoms with Crippen molar-refractivity contribution >= 4 is 40.5 Å². The average Bonchev–Trinajstić information content (AvgIpc) is 2.39. The van der Waals surface area contributed by atoms with Crippen molar-refractivity contribution in [2.24, 2.45) is 0 Å².